The van der Waals surface area contributed by atoms with Gasteiger partial charge < -0.3 is 15.4 Å². The van der Waals surface area contributed by atoms with Crippen molar-refractivity contribution in [3.63, 3.8) is 0 Å². The minimum absolute atomic E-state index is 0.0986. The van der Waals surface area contributed by atoms with E-state index in [-0.39, 0.29) is 5.91 Å². The zero-order valence-corrected chi connectivity index (χ0v) is 12.0. The maximum Gasteiger partial charge on any atom is 0.269 e. The van der Waals surface area contributed by atoms with Crippen LogP contribution >= 0.6 is 0 Å². The molecule has 110 valence electrons. The van der Waals surface area contributed by atoms with Crippen LogP contribution in [0.2, 0.25) is 0 Å². The highest BCUT2D eigenvalue weighted by Crippen LogP contribution is 2.13. The minimum atomic E-state index is -0.0986. The fraction of sp³-hybridized carbons (Fsp3) is 0.600. The van der Waals surface area contributed by atoms with Crippen molar-refractivity contribution in [3.05, 3.63) is 24.0 Å². The molecule has 0 unspecified atom stereocenters. The molecular weight excluding hydrogens is 254 g/mol. The molecule has 0 saturated carbocycles. The summed E-state index contributed by atoms with van der Waals surface area (Å²) in [6.07, 6.45) is 4.81. The van der Waals surface area contributed by atoms with E-state index in [0.29, 0.717) is 18.2 Å². The van der Waals surface area contributed by atoms with Gasteiger partial charge in [-0.2, -0.15) is 0 Å². The molecule has 0 spiro atoms. The molecule has 0 bridgehead atoms. The van der Waals surface area contributed by atoms with Crippen molar-refractivity contribution in [2.45, 2.75) is 26.2 Å². The Morgan fingerprint density at radius 1 is 1.40 bits per heavy atom. The van der Waals surface area contributed by atoms with E-state index < -0.39 is 0 Å². The van der Waals surface area contributed by atoms with Gasteiger partial charge in [0.15, 0.2) is 0 Å². The minimum Gasteiger partial charge on any atom is -0.384 e. The number of carbonyl (C=O) groups excluding carboxylic acids is 1. The number of carbonyl (C=O) groups is 1. The van der Waals surface area contributed by atoms with Crippen molar-refractivity contribution in [2.24, 2.45) is 5.92 Å². The Bertz CT molecular complexity index is 414. The maximum atomic E-state index is 12.0. The quantitative estimate of drug-likeness (QED) is 0.835. The number of hydrogen-bond donors (Lipinski definition) is 2. The zero-order valence-electron chi connectivity index (χ0n) is 12.0. The van der Waals surface area contributed by atoms with Crippen molar-refractivity contribution in [2.75, 3.05) is 31.6 Å². The van der Waals surface area contributed by atoms with Crippen molar-refractivity contribution in [3.8, 4) is 0 Å². The van der Waals surface area contributed by atoms with Crippen LogP contribution in [0.5, 0.6) is 0 Å². The van der Waals surface area contributed by atoms with Crippen LogP contribution in [-0.2, 0) is 4.74 Å². The van der Waals surface area contributed by atoms with Crippen LogP contribution in [0.3, 0.4) is 0 Å². The third-order valence-electron chi connectivity index (χ3n) is 3.47. The molecule has 2 heterocycles. The van der Waals surface area contributed by atoms with Crippen molar-refractivity contribution in [1.29, 1.82) is 0 Å². The van der Waals surface area contributed by atoms with E-state index in [9.17, 15) is 4.79 Å². The summed E-state index contributed by atoms with van der Waals surface area (Å²) in [5.74, 6) is 0.428. The van der Waals surface area contributed by atoms with Gasteiger partial charge in [-0.3, -0.25) is 4.79 Å². The Balaban J connectivity index is 1.79. The predicted molar refractivity (Wildman–Crippen MR) is 78.9 cm³/mol. The zero-order chi connectivity index (χ0) is 14.2. The second kappa shape index (κ2) is 7.85. The van der Waals surface area contributed by atoms with E-state index in [1.54, 1.807) is 12.3 Å². The summed E-state index contributed by atoms with van der Waals surface area (Å²) in [5.41, 5.74) is 1.42. The highest BCUT2D eigenvalue weighted by Gasteiger charge is 2.15. The Morgan fingerprint density at radius 3 is 2.85 bits per heavy atom. The molecule has 0 radical (unpaired) electrons. The molecule has 0 aromatic carbocycles. The monoisotopic (exact) mass is 277 g/mol. The summed E-state index contributed by atoms with van der Waals surface area (Å²) >= 11 is 0. The Kier molecular flexibility index (Phi) is 5.80. The van der Waals surface area contributed by atoms with Gasteiger partial charge >= 0.3 is 0 Å². The van der Waals surface area contributed by atoms with Gasteiger partial charge in [0, 0.05) is 26.3 Å². The highest BCUT2D eigenvalue weighted by atomic mass is 16.5. The largest absolute Gasteiger partial charge is 0.384 e. The normalized spacial score (nSPS) is 15.8. The van der Waals surface area contributed by atoms with Crippen molar-refractivity contribution < 1.29 is 9.53 Å². The number of hydrogen-bond acceptors (Lipinski definition) is 4. The molecule has 0 aliphatic carbocycles. The smallest absolute Gasteiger partial charge is 0.269 e. The molecule has 1 saturated heterocycles. The third kappa shape index (κ3) is 4.49. The van der Waals surface area contributed by atoms with E-state index >= 15 is 0 Å². The van der Waals surface area contributed by atoms with Gasteiger partial charge in [-0.1, -0.05) is 6.92 Å². The molecule has 1 aliphatic rings. The first kappa shape index (κ1) is 14.8. The molecule has 2 rings (SSSR count). The van der Waals surface area contributed by atoms with Gasteiger partial charge in [-0.25, -0.2) is 4.98 Å². The third-order valence-corrected chi connectivity index (χ3v) is 3.47. The summed E-state index contributed by atoms with van der Waals surface area (Å²) in [5, 5.41) is 6.19. The highest BCUT2D eigenvalue weighted by molar-refractivity contribution is 5.92. The van der Waals surface area contributed by atoms with Crippen molar-refractivity contribution >= 4 is 11.6 Å². The van der Waals surface area contributed by atoms with Crippen LogP contribution < -0.4 is 10.6 Å². The number of pyridine rings is 1. The SMILES string of the molecule is CCCNc1ccc(C(=O)NCC2CCOCC2)nc1. The number of aromatic nitrogens is 1. The van der Waals surface area contributed by atoms with Gasteiger partial charge in [-0.05, 0) is 37.3 Å². The van der Waals surface area contributed by atoms with Crippen LogP contribution in [0.25, 0.3) is 0 Å². The molecule has 1 aromatic heterocycles. The summed E-state index contributed by atoms with van der Waals surface area (Å²) in [6.45, 7) is 5.34. The first-order valence-corrected chi connectivity index (χ1v) is 7.35. The predicted octanol–water partition coefficient (Wildman–Crippen LogP) is 2.06. The van der Waals surface area contributed by atoms with Crippen LogP contribution in [0.1, 0.15) is 36.7 Å². The topological polar surface area (TPSA) is 63.2 Å². The summed E-state index contributed by atoms with van der Waals surface area (Å²) in [6, 6.07) is 3.66. The van der Waals surface area contributed by atoms with Gasteiger partial charge in [0.05, 0.1) is 11.9 Å². The molecule has 1 aliphatic heterocycles. The number of nitrogens with zero attached hydrogens (tertiary/aromatic N) is 1. The van der Waals surface area contributed by atoms with E-state index in [4.69, 9.17) is 4.74 Å². The van der Waals surface area contributed by atoms with Crippen LogP contribution in [0, 0.1) is 5.92 Å². The molecule has 0 atom stereocenters. The number of ether oxygens (including phenoxy) is 1. The fourth-order valence-electron chi connectivity index (χ4n) is 2.18. The van der Waals surface area contributed by atoms with Crippen LogP contribution in [0.15, 0.2) is 18.3 Å². The molecule has 20 heavy (non-hydrogen) atoms. The van der Waals surface area contributed by atoms with E-state index in [1.165, 1.54) is 0 Å². The number of nitrogens with one attached hydrogen (secondary N) is 2. The second-order valence-corrected chi connectivity index (χ2v) is 5.12. The summed E-state index contributed by atoms with van der Waals surface area (Å²) in [4.78, 5) is 16.2. The fourth-order valence-corrected chi connectivity index (χ4v) is 2.18. The number of rotatable bonds is 6. The van der Waals surface area contributed by atoms with Gasteiger partial charge in [-0.15, -0.1) is 0 Å². The van der Waals surface area contributed by atoms with Gasteiger partial charge in [0.25, 0.3) is 5.91 Å². The van der Waals surface area contributed by atoms with E-state index in [2.05, 4.69) is 22.5 Å². The lowest BCUT2D eigenvalue weighted by Crippen LogP contribution is -2.32. The lowest BCUT2D eigenvalue weighted by atomic mass is 10.0. The van der Waals surface area contributed by atoms with Gasteiger partial charge in [0.1, 0.15) is 5.69 Å². The van der Waals surface area contributed by atoms with Gasteiger partial charge in [0.2, 0.25) is 0 Å². The Hall–Kier alpha value is -1.62. The van der Waals surface area contributed by atoms with E-state index in [0.717, 1.165) is 44.7 Å². The lowest BCUT2D eigenvalue weighted by molar-refractivity contribution is 0.0642. The van der Waals surface area contributed by atoms with Crippen molar-refractivity contribution in [1.82, 2.24) is 10.3 Å². The van der Waals surface area contributed by atoms with Crippen LogP contribution in [-0.4, -0.2) is 37.2 Å². The first-order chi connectivity index (χ1) is 9.79. The molecule has 5 nitrogen and oxygen atoms in total. The average molecular weight is 277 g/mol. The summed E-state index contributed by atoms with van der Waals surface area (Å²) < 4.78 is 5.30. The maximum absolute atomic E-state index is 12.0. The average Bonchev–Trinajstić information content (AvgIpc) is 2.52. The summed E-state index contributed by atoms with van der Waals surface area (Å²) in [7, 11) is 0. The number of amides is 1. The Labute approximate surface area is 120 Å². The molecule has 2 N–H and O–H groups in total. The number of anilines is 1. The molecule has 1 amide bonds. The molecular formula is C15H23N3O2. The first-order valence-electron chi connectivity index (χ1n) is 7.35. The lowest BCUT2D eigenvalue weighted by Gasteiger charge is -2.22. The molecule has 5 heteroatoms. The Morgan fingerprint density at radius 2 is 2.20 bits per heavy atom. The standard InChI is InChI=1S/C15H23N3O2/c1-2-7-16-13-3-4-14(17-11-13)15(19)18-10-12-5-8-20-9-6-12/h3-4,11-12,16H,2,5-10H2,1H3,(H,18,19). The molecule has 1 fully saturated rings. The van der Waals surface area contributed by atoms with Crippen LogP contribution in [0.4, 0.5) is 5.69 Å². The van der Waals surface area contributed by atoms with E-state index in [1.807, 2.05) is 6.07 Å². The second-order valence-electron chi connectivity index (χ2n) is 5.12. The molecule has 1 aromatic rings.